The van der Waals surface area contributed by atoms with Crippen molar-refractivity contribution in [3.8, 4) is 11.4 Å². The number of aryl methyl sites for hydroxylation is 1. The van der Waals surface area contributed by atoms with Gasteiger partial charge in [-0.25, -0.2) is 4.68 Å². The van der Waals surface area contributed by atoms with Crippen molar-refractivity contribution in [2.45, 2.75) is 12.8 Å². The van der Waals surface area contributed by atoms with E-state index in [9.17, 15) is 0 Å². The van der Waals surface area contributed by atoms with E-state index in [-0.39, 0.29) is 0 Å². The molecule has 0 amide bonds. The molecule has 0 saturated carbocycles. The van der Waals surface area contributed by atoms with Gasteiger partial charge in [-0.2, -0.15) is 0 Å². The molecule has 0 radical (unpaired) electrons. The third-order valence-electron chi connectivity index (χ3n) is 2.38. The van der Waals surface area contributed by atoms with Gasteiger partial charge < -0.3 is 4.74 Å². The molecule has 0 aliphatic carbocycles. The lowest BCUT2D eigenvalue weighted by molar-refractivity contribution is 0.411. The molecule has 90 valence electrons. The molecule has 0 spiro atoms. The van der Waals surface area contributed by atoms with Crippen LogP contribution in [0.25, 0.3) is 5.69 Å². The zero-order valence-electron chi connectivity index (χ0n) is 9.44. The molecular formula is C11H11Cl2N3O. The van der Waals surface area contributed by atoms with Gasteiger partial charge in [0.15, 0.2) is 0 Å². The lowest BCUT2D eigenvalue weighted by atomic mass is 10.2. The second kappa shape index (κ2) is 4.94. The smallest absolute Gasteiger partial charge is 0.146 e. The van der Waals surface area contributed by atoms with E-state index in [4.69, 9.17) is 27.9 Å². The van der Waals surface area contributed by atoms with Crippen molar-refractivity contribution in [3.05, 3.63) is 34.6 Å². The number of rotatable bonds is 3. The molecule has 0 saturated heterocycles. The summed E-state index contributed by atoms with van der Waals surface area (Å²) in [5.41, 5.74) is 2.45. The summed E-state index contributed by atoms with van der Waals surface area (Å²) >= 11 is 11.7. The lowest BCUT2D eigenvalue weighted by Crippen LogP contribution is -1.99. The van der Waals surface area contributed by atoms with Crippen molar-refractivity contribution in [1.29, 1.82) is 0 Å². The van der Waals surface area contributed by atoms with Crippen molar-refractivity contribution in [2.24, 2.45) is 0 Å². The Balaban J connectivity index is 2.53. The summed E-state index contributed by atoms with van der Waals surface area (Å²) < 4.78 is 6.90. The molecule has 0 aliphatic heterocycles. The average Bonchev–Trinajstić information content (AvgIpc) is 2.80. The van der Waals surface area contributed by atoms with Crippen LogP contribution in [-0.2, 0) is 5.88 Å². The molecule has 0 N–H and O–H groups in total. The second-order valence-corrected chi connectivity index (χ2v) is 4.24. The number of hydrogen-bond donors (Lipinski definition) is 0. The van der Waals surface area contributed by atoms with E-state index in [1.54, 1.807) is 24.1 Å². The highest BCUT2D eigenvalue weighted by molar-refractivity contribution is 6.31. The van der Waals surface area contributed by atoms with Crippen LogP contribution in [0.2, 0.25) is 5.02 Å². The fraction of sp³-hybridized carbons (Fsp3) is 0.273. The topological polar surface area (TPSA) is 39.9 Å². The van der Waals surface area contributed by atoms with E-state index in [1.165, 1.54) is 0 Å². The maximum atomic E-state index is 6.04. The lowest BCUT2D eigenvalue weighted by Gasteiger charge is -2.10. The molecule has 0 bridgehead atoms. The molecule has 17 heavy (non-hydrogen) atoms. The number of ether oxygens (including phenoxy) is 1. The van der Waals surface area contributed by atoms with Gasteiger partial charge in [-0.3, -0.25) is 0 Å². The normalized spacial score (nSPS) is 10.6. The van der Waals surface area contributed by atoms with Gasteiger partial charge in [-0.1, -0.05) is 16.8 Å². The first kappa shape index (κ1) is 12.2. The number of methoxy groups -OCH3 is 1. The van der Waals surface area contributed by atoms with E-state index < -0.39 is 0 Å². The number of benzene rings is 1. The van der Waals surface area contributed by atoms with Gasteiger partial charge in [-0.05, 0) is 18.6 Å². The molecule has 6 heteroatoms. The first-order valence-electron chi connectivity index (χ1n) is 4.97. The monoisotopic (exact) mass is 271 g/mol. The summed E-state index contributed by atoms with van der Waals surface area (Å²) in [5.74, 6) is 0.973. The first-order chi connectivity index (χ1) is 8.15. The van der Waals surface area contributed by atoms with Gasteiger partial charge in [0.2, 0.25) is 0 Å². The Bertz CT molecular complexity index is 540. The van der Waals surface area contributed by atoms with Crippen molar-refractivity contribution >= 4 is 23.2 Å². The largest absolute Gasteiger partial charge is 0.494 e. The Hall–Kier alpha value is -1.26. The van der Waals surface area contributed by atoms with Gasteiger partial charge in [0, 0.05) is 11.1 Å². The van der Waals surface area contributed by atoms with Crippen LogP contribution in [0.3, 0.4) is 0 Å². The standard InChI is InChI=1S/C11H11Cl2N3O/c1-7-3-10(11(17-2)4-9(7)13)16-6-8(5-12)14-15-16/h3-4,6H,5H2,1-2H3. The van der Waals surface area contributed by atoms with E-state index in [2.05, 4.69) is 10.3 Å². The summed E-state index contributed by atoms with van der Waals surface area (Å²) in [6.07, 6.45) is 1.76. The summed E-state index contributed by atoms with van der Waals surface area (Å²) in [5, 5.41) is 8.58. The van der Waals surface area contributed by atoms with Gasteiger partial charge in [0.05, 0.1) is 24.9 Å². The van der Waals surface area contributed by atoms with Crippen LogP contribution in [0.4, 0.5) is 0 Å². The van der Waals surface area contributed by atoms with Crippen LogP contribution in [-0.4, -0.2) is 22.1 Å². The molecule has 0 fully saturated rings. The van der Waals surface area contributed by atoms with Crippen molar-refractivity contribution in [2.75, 3.05) is 7.11 Å². The zero-order chi connectivity index (χ0) is 12.4. The third-order valence-corrected chi connectivity index (χ3v) is 3.07. The quantitative estimate of drug-likeness (QED) is 0.806. The van der Waals surface area contributed by atoms with Gasteiger partial charge in [-0.15, -0.1) is 16.7 Å². The fourth-order valence-electron chi connectivity index (χ4n) is 1.47. The Labute approximate surface area is 109 Å². The van der Waals surface area contributed by atoms with Crippen molar-refractivity contribution < 1.29 is 4.74 Å². The minimum Gasteiger partial charge on any atom is -0.494 e. The van der Waals surface area contributed by atoms with Crippen LogP contribution in [0.15, 0.2) is 18.3 Å². The Kier molecular flexibility index (Phi) is 3.54. The minimum atomic E-state index is 0.328. The number of nitrogens with zero attached hydrogens (tertiary/aromatic N) is 3. The fourth-order valence-corrected chi connectivity index (χ4v) is 1.74. The second-order valence-electron chi connectivity index (χ2n) is 3.56. The predicted molar refractivity (Wildman–Crippen MR) is 67.2 cm³/mol. The van der Waals surface area contributed by atoms with Gasteiger partial charge in [0.1, 0.15) is 11.4 Å². The minimum absolute atomic E-state index is 0.328. The maximum absolute atomic E-state index is 6.04. The molecule has 2 aromatic rings. The average molecular weight is 272 g/mol. The SMILES string of the molecule is COc1cc(Cl)c(C)cc1-n1cc(CCl)nn1. The zero-order valence-corrected chi connectivity index (χ0v) is 11.0. The van der Waals surface area contributed by atoms with E-state index >= 15 is 0 Å². The number of hydrogen-bond acceptors (Lipinski definition) is 3. The van der Waals surface area contributed by atoms with Gasteiger partial charge in [0.25, 0.3) is 0 Å². The van der Waals surface area contributed by atoms with E-state index in [1.807, 2.05) is 13.0 Å². The summed E-state index contributed by atoms with van der Waals surface area (Å²) in [4.78, 5) is 0. The molecule has 1 heterocycles. The summed E-state index contributed by atoms with van der Waals surface area (Å²) in [7, 11) is 1.59. The first-order valence-corrected chi connectivity index (χ1v) is 5.88. The Morgan fingerprint density at radius 1 is 1.41 bits per heavy atom. The predicted octanol–water partition coefficient (Wildman–Crippen LogP) is 2.98. The molecule has 1 aromatic carbocycles. The van der Waals surface area contributed by atoms with E-state index in [0.29, 0.717) is 22.3 Å². The summed E-state index contributed by atoms with van der Waals surface area (Å²) in [6.45, 7) is 1.92. The number of alkyl halides is 1. The van der Waals surface area contributed by atoms with Crippen LogP contribution in [0.5, 0.6) is 5.75 Å². The number of aromatic nitrogens is 3. The number of halogens is 2. The molecule has 0 aliphatic rings. The molecule has 2 rings (SSSR count). The molecular weight excluding hydrogens is 261 g/mol. The maximum Gasteiger partial charge on any atom is 0.146 e. The Morgan fingerprint density at radius 3 is 2.76 bits per heavy atom. The van der Waals surface area contributed by atoms with Crippen molar-refractivity contribution in [1.82, 2.24) is 15.0 Å². The highest BCUT2D eigenvalue weighted by Gasteiger charge is 2.10. The molecule has 1 aromatic heterocycles. The Morgan fingerprint density at radius 2 is 2.18 bits per heavy atom. The summed E-state index contributed by atoms with van der Waals surface area (Å²) in [6, 6.07) is 3.65. The van der Waals surface area contributed by atoms with Crippen LogP contribution in [0, 0.1) is 6.92 Å². The van der Waals surface area contributed by atoms with Gasteiger partial charge >= 0.3 is 0 Å². The molecule has 0 atom stereocenters. The highest BCUT2D eigenvalue weighted by Crippen LogP contribution is 2.29. The molecule has 0 unspecified atom stereocenters. The highest BCUT2D eigenvalue weighted by atomic mass is 35.5. The van der Waals surface area contributed by atoms with Crippen LogP contribution in [0.1, 0.15) is 11.3 Å². The van der Waals surface area contributed by atoms with Crippen molar-refractivity contribution in [3.63, 3.8) is 0 Å². The van der Waals surface area contributed by atoms with Crippen LogP contribution < -0.4 is 4.74 Å². The third kappa shape index (κ3) is 2.37. The molecule has 4 nitrogen and oxygen atoms in total. The van der Waals surface area contributed by atoms with E-state index in [0.717, 1.165) is 11.3 Å². The van der Waals surface area contributed by atoms with Crippen LogP contribution >= 0.6 is 23.2 Å².